The zero-order valence-electron chi connectivity index (χ0n) is 10.5. The van der Waals surface area contributed by atoms with E-state index in [0.717, 1.165) is 10.9 Å². The van der Waals surface area contributed by atoms with Crippen molar-refractivity contribution in [1.29, 1.82) is 0 Å². The maximum Gasteiger partial charge on any atom is 0.229 e. The first-order valence-electron chi connectivity index (χ1n) is 5.61. The first-order valence-corrected chi connectivity index (χ1v) is 7.28. The SMILES string of the molecule is CCC(C)(CN)C(=O)N(C)Cc1cc(Br)cs1. The van der Waals surface area contributed by atoms with E-state index in [-0.39, 0.29) is 5.91 Å². The molecule has 2 N–H and O–H groups in total. The monoisotopic (exact) mass is 318 g/mol. The third-order valence-electron chi connectivity index (χ3n) is 3.11. The van der Waals surface area contributed by atoms with Crippen molar-refractivity contribution in [2.45, 2.75) is 26.8 Å². The van der Waals surface area contributed by atoms with Crippen LogP contribution in [-0.2, 0) is 11.3 Å². The Morgan fingerprint density at radius 3 is 2.71 bits per heavy atom. The topological polar surface area (TPSA) is 46.3 Å². The molecule has 0 fully saturated rings. The van der Waals surface area contributed by atoms with Crippen LogP contribution in [0, 0.1) is 5.41 Å². The van der Waals surface area contributed by atoms with Gasteiger partial charge in [-0.1, -0.05) is 6.92 Å². The Labute approximate surface area is 115 Å². The van der Waals surface area contributed by atoms with E-state index >= 15 is 0 Å². The average Bonchev–Trinajstić information content (AvgIpc) is 2.72. The number of halogens is 1. The van der Waals surface area contributed by atoms with Gasteiger partial charge in [0.05, 0.1) is 12.0 Å². The lowest BCUT2D eigenvalue weighted by Crippen LogP contribution is -2.44. The second kappa shape index (κ2) is 5.98. The van der Waals surface area contributed by atoms with Gasteiger partial charge in [0.15, 0.2) is 0 Å². The van der Waals surface area contributed by atoms with E-state index in [1.54, 1.807) is 16.2 Å². The van der Waals surface area contributed by atoms with Gasteiger partial charge in [-0.3, -0.25) is 4.79 Å². The smallest absolute Gasteiger partial charge is 0.229 e. The lowest BCUT2D eigenvalue weighted by atomic mass is 9.86. The second-order valence-corrected chi connectivity index (χ2v) is 6.42. The summed E-state index contributed by atoms with van der Waals surface area (Å²) < 4.78 is 1.07. The number of hydrogen-bond donors (Lipinski definition) is 1. The van der Waals surface area contributed by atoms with Gasteiger partial charge in [-0.25, -0.2) is 0 Å². The van der Waals surface area contributed by atoms with Crippen molar-refractivity contribution in [3.8, 4) is 0 Å². The first kappa shape index (κ1) is 14.7. The Morgan fingerprint density at radius 2 is 2.29 bits per heavy atom. The first-order chi connectivity index (χ1) is 7.92. The number of hydrogen-bond acceptors (Lipinski definition) is 3. The van der Waals surface area contributed by atoms with Crippen molar-refractivity contribution in [3.63, 3.8) is 0 Å². The van der Waals surface area contributed by atoms with Crippen LogP contribution in [0.5, 0.6) is 0 Å². The number of carbonyl (C=O) groups is 1. The van der Waals surface area contributed by atoms with Gasteiger partial charge in [-0.2, -0.15) is 0 Å². The number of nitrogens with zero attached hydrogens (tertiary/aromatic N) is 1. The van der Waals surface area contributed by atoms with Gasteiger partial charge in [0, 0.05) is 28.3 Å². The van der Waals surface area contributed by atoms with E-state index in [1.807, 2.05) is 32.3 Å². The Kier molecular flexibility index (Phi) is 5.16. The Morgan fingerprint density at radius 1 is 1.65 bits per heavy atom. The number of thiophene rings is 1. The highest BCUT2D eigenvalue weighted by molar-refractivity contribution is 9.10. The summed E-state index contributed by atoms with van der Waals surface area (Å²) in [6.45, 7) is 4.96. The van der Waals surface area contributed by atoms with Crippen molar-refractivity contribution >= 4 is 33.2 Å². The van der Waals surface area contributed by atoms with Crippen LogP contribution in [0.25, 0.3) is 0 Å². The van der Waals surface area contributed by atoms with Gasteiger partial charge < -0.3 is 10.6 Å². The molecule has 0 bridgehead atoms. The molecule has 0 aliphatic heterocycles. The molecule has 5 heteroatoms. The van der Waals surface area contributed by atoms with Crippen molar-refractivity contribution in [2.75, 3.05) is 13.6 Å². The highest BCUT2D eigenvalue weighted by Crippen LogP contribution is 2.25. The van der Waals surface area contributed by atoms with Crippen LogP contribution in [0.3, 0.4) is 0 Å². The summed E-state index contributed by atoms with van der Waals surface area (Å²) in [5, 5.41) is 2.02. The van der Waals surface area contributed by atoms with Crippen molar-refractivity contribution in [2.24, 2.45) is 11.1 Å². The third kappa shape index (κ3) is 3.53. The second-order valence-electron chi connectivity index (χ2n) is 4.51. The number of nitrogens with two attached hydrogens (primary N) is 1. The highest BCUT2D eigenvalue weighted by atomic mass is 79.9. The molecule has 1 aromatic heterocycles. The standard InChI is InChI=1S/C12H19BrN2OS/c1-4-12(2,8-14)11(16)15(3)6-10-5-9(13)7-17-10/h5,7H,4,6,8,14H2,1-3H3. The molecular formula is C12H19BrN2OS. The molecule has 0 spiro atoms. The molecule has 1 heterocycles. The summed E-state index contributed by atoms with van der Waals surface area (Å²) in [4.78, 5) is 15.2. The van der Waals surface area contributed by atoms with Gasteiger partial charge in [-0.15, -0.1) is 11.3 Å². The predicted octanol–water partition coefficient (Wildman–Crippen LogP) is 2.84. The molecule has 0 radical (unpaired) electrons. The summed E-state index contributed by atoms with van der Waals surface area (Å²) in [5.74, 6) is 0.118. The minimum Gasteiger partial charge on any atom is -0.340 e. The minimum absolute atomic E-state index is 0.118. The molecule has 3 nitrogen and oxygen atoms in total. The fourth-order valence-electron chi connectivity index (χ4n) is 1.59. The molecule has 0 aliphatic rings. The molecule has 0 saturated carbocycles. The van der Waals surface area contributed by atoms with E-state index in [0.29, 0.717) is 13.1 Å². The number of amides is 1. The molecule has 1 amide bonds. The minimum atomic E-state index is -0.441. The lowest BCUT2D eigenvalue weighted by molar-refractivity contribution is -0.140. The van der Waals surface area contributed by atoms with Crippen LogP contribution in [0.2, 0.25) is 0 Å². The van der Waals surface area contributed by atoms with Crippen molar-refractivity contribution in [1.82, 2.24) is 4.90 Å². The normalized spacial score (nSPS) is 14.4. The van der Waals surface area contributed by atoms with Crippen LogP contribution < -0.4 is 5.73 Å². The average molecular weight is 319 g/mol. The Bertz CT molecular complexity index is 388. The summed E-state index contributed by atoms with van der Waals surface area (Å²) in [6, 6.07) is 2.04. The maximum atomic E-state index is 12.3. The molecule has 17 heavy (non-hydrogen) atoms. The fraction of sp³-hybridized carbons (Fsp3) is 0.583. The Balaban J connectivity index is 2.70. The van der Waals surface area contributed by atoms with E-state index < -0.39 is 5.41 Å². The van der Waals surface area contributed by atoms with Crippen LogP contribution >= 0.6 is 27.3 Å². The Hall–Kier alpha value is -0.390. The van der Waals surface area contributed by atoms with Gasteiger partial charge in [0.25, 0.3) is 0 Å². The van der Waals surface area contributed by atoms with Crippen molar-refractivity contribution in [3.05, 3.63) is 20.8 Å². The molecule has 1 aromatic rings. The number of carbonyl (C=O) groups excluding carboxylic acids is 1. The largest absolute Gasteiger partial charge is 0.340 e. The molecule has 96 valence electrons. The van der Waals surface area contributed by atoms with E-state index in [9.17, 15) is 4.79 Å². The predicted molar refractivity (Wildman–Crippen MR) is 75.9 cm³/mol. The third-order valence-corrected chi connectivity index (χ3v) is 4.79. The molecule has 1 atom stereocenters. The zero-order chi connectivity index (χ0) is 13.1. The maximum absolute atomic E-state index is 12.3. The van der Waals surface area contributed by atoms with Gasteiger partial charge in [0.2, 0.25) is 5.91 Å². The lowest BCUT2D eigenvalue weighted by Gasteiger charge is -2.30. The quantitative estimate of drug-likeness (QED) is 0.907. The van der Waals surface area contributed by atoms with E-state index in [2.05, 4.69) is 15.9 Å². The van der Waals surface area contributed by atoms with Crippen LogP contribution in [-0.4, -0.2) is 24.4 Å². The fourth-order valence-corrected chi connectivity index (χ4v) is 3.09. The molecule has 0 aliphatic carbocycles. The summed E-state index contributed by atoms with van der Waals surface area (Å²) in [6.07, 6.45) is 0.765. The molecule has 0 aromatic carbocycles. The van der Waals surface area contributed by atoms with Crippen LogP contribution in [0.15, 0.2) is 15.9 Å². The van der Waals surface area contributed by atoms with E-state index in [1.165, 1.54) is 4.88 Å². The molecule has 1 rings (SSSR count). The summed E-state index contributed by atoms with van der Waals surface area (Å²) in [7, 11) is 1.83. The van der Waals surface area contributed by atoms with Crippen LogP contribution in [0.4, 0.5) is 0 Å². The van der Waals surface area contributed by atoms with Gasteiger partial charge in [0.1, 0.15) is 0 Å². The molecule has 1 unspecified atom stereocenters. The van der Waals surface area contributed by atoms with Gasteiger partial charge >= 0.3 is 0 Å². The van der Waals surface area contributed by atoms with Crippen molar-refractivity contribution < 1.29 is 4.79 Å². The van der Waals surface area contributed by atoms with Gasteiger partial charge in [-0.05, 0) is 35.3 Å². The number of rotatable bonds is 5. The summed E-state index contributed by atoms with van der Waals surface area (Å²) >= 11 is 5.06. The van der Waals surface area contributed by atoms with E-state index in [4.69, 9.17) is 5.73 Å². The summed E-state index contributed by atoms with van der Waals surface area (Å²) in [5.41, 5.74) is 5.26. The highest BCUT2D eigenvalue weighted by Gasteiger charge is 2.32. The zero-order valence-corrected chi connectivity index (χ0v) is 12.9. The molecule has 0 saturated heterocycles. The molecular weight excluding hydrogens is 300 g/mol. The van der Waals surface area contributed by atoms with Crippen LogP contribution in [0.1, 0.15) is 25.1 Å².